The van der Waals surface area contributed by atoms with E-state index >= 15 is 0 Å². The minimum atomic E-state index is -0.251. The van der Waals surface area contributed by atoms with Crippen LogP contribution >= 0.6 is 11.8 Å². The van der Waals surface area contributed by atoms with Crippen LogP contribution in [0.3, 0.4) is 0 Å². The van der Waals surface area contributed by atoms with E-state index in [2.05, 4.69) is 0 Å². The summed E-state index contributed by atoms with van der Waals surface area (Å²) in [6, 6.07) is 6.60. The smallest absolute Gasteiger partial charge is 0.227 e. The summed E-state index contributed by atoms with van der Waals surface area (Å²) < 4.78 is 18.9. The predicted octanol–water partition coefficient (Wildman–Crippen LogP) is 2.41. The standard InChI is InChI=1S/C19H25FN2O3S/c20-16-5-1-2-6-17(16)26-13-7-18(23)22-8-3-4-15(14-22)19(24)21-9-11-25-12-10-21/h1-2,5-6,15H,3-4,7-14H2. The Morgan fingerprint density at radius 1 is 1.15 bits per heavy atom. The second-order valence-corrected chi connectivity index (χ2v) is 7.78. The second kappa shape index (κ2) is 9.37. The van der Waals surface area contributed by atoms with Gasteiger partial charge in [-0.15, -0.1) is 11.8 Å². The molecular formula is C19H25FN2O3S. The molecule has 26 heavy (non-hydrogen) atoms. The lowest BCUT2D eigenvalue weighted by Gasteiger charge is -2.36. The SMILES string of the molecule is O=C(CCSc1ccccc1F)N1CCCC(C(=O)N2CCOCC2)C1. The number of piperidine rings is 1. The van der Waals surface area contributed by atoms with E-state index in [9.17, 15) is 14.0 Å². The zero-order valence-corrected chi connectivity index (χ0v) is 15.7. The number of hydrogen-bond acceptors (Lipinski definition) is 4. The van der Waals surface area contributed by atoms with Crippen molar-refractivity contribution in [2.75, 3.05) is 45.1 Å². The molecule has 0 spiro atoms. The highest BCUT2D eigenvalue weighted by Crippen LogP contribution is 2.24. The molecule has 0 aliphatic carbocycles. The van der Waals surface area contributed by atoms with E-state index in [1.165, 1.54) is 17.8 Å². The zero-order valence-electron chi connectivity index (χ0n) is 14.9. The zero-order chi connectivity index (χ0) is 18.4. The Morgan fingerprint density at radius 2 is 1.92 bits per heavy atom. The van der Waals surface area contributed by atoms with E-state index in [1.54, 1.807) is 23.1 Å². The van der Waals surface area contributed by atoms with Crippen molar-refractivity contribution in [3.05, 3.63) is 30.1 Å². The number of carbonyl (C=O) groups is 2. The van der Waals surface area contributed by atoms with Gasteiger partial charge in [-0.25, -0.2) is 4.39 Å². The second-order valence-electron chi connectivity index (χ2n) is 6.65. The van der Waals surface area contributed by atoms with Crippen molar-refractivity contribution in [3.8, 4) is 0 Å². The molecule has 3 rings (SSSR count). The van der Waals surface area contributed by atoms with Gasteiger partial charge in [-0.1, -0.05) is 12.1 Å². The molecule has 2 amide bonds. The Morgan fingerprint density at radius 3 is 2.69 bits per heavy atom. The number of morpholine rings is 1. The summed E-state index contributed by atoms with van der Waals surface area (Å²) in [6.07, 6.45) is 2.05. The van der Waals surface area contributed by atoms with Crippen LogP contribution in [0.15, 0.2) is 29.2 Å². The first kappa shape index (κ1) is 19.2. The number of hydrogen-bond donors (Lipinski definition) is 0. The van der Waals surface area contributed by atoms with Crippen LogP contribution in [-0.4, -0.2) is 66.8 Å². The predicted molar refractivity (Wildman–Crippen MR) is 98.4 cm³/mol. The average Bonchev–Trinajstić information content (AvgIpc) is 2.69. The van der Waals surface area contributed by atoms with Crippen molar-refractivity contribution in [1.29, 1.82) is 0 Å². The molecule has 1 unspecified atom stereocenters. The molecule has 0 N–H and O–H groups in total. The van der Waals surface area contributed by atoms with Gasteiger partial charge in [0.15, 0.2) is 0 Å². The van der Waals surface area contributed by atoms with E-state index < -0.39 is 0 Å². The topological polar surface area (TPSA) is 49.9 Å². The number of likely N-dealkylation sites (tertiary alicyclic amines) is 1. The summed E-state index contributed by atoms with van der Waals surface area (Å²) in [5.74, 6) is 0.377. The van der Waals surface area contributed by atoms with E-state index in [0.29, 0.717) is 56.5 Å². The van der Waals surface area contributed by atoms with Gasteiger partial charge in [0.25, 0.3) is 0 Å². The first-order chi connectivity index (χ1) is 12.6. The molecular weight excluding hydrogens is 355 g/mol. The number of carbonyl (C=O) groups excluding carboxylic acids is 2. The molecule has 2 aliphatic heterocycles. The van der Waals surface area contributed by atoms with Gasteiger partial charge >= 0.3 is 0 Å². The van der Waals surface area contributed by atoms with Crippen LogP contribution in [0.2, 0.25) is 0 Å². The molecule has 1 atom stereocenters. The molecule has 7 heteroatoms. The molecule has 0 aromatic heterocycles. The van der Waals surface area contributed by atoms with Gasteiger partial charge in [0.05, 0.1) is 19.1 Å². The summed E-state index contributed by atoms with van der Waals surface area (Å²) in [4.78, 5) is 29.4. The fourth-order valence-electron chi connectivity index (χ4n) is 3.42. The third-order valence-electron chi connectivity index (χ3n) is 4.86. The molecule has 0 bridgehead atoms. The number of benzene rings is 1. The van der Waals surface area contributed by atoms with Crippen molar-refractivity contribution in [2.24, 2.45) is 5.92 Å². The van der Waals surface area contributed by atoms with Gasteiger partial charge in [0, 0.05) is 43.2 Å². The number of thioether (sulfide) groups is 1. The fourth-order valence-corrected chi connectivity index (χ4v) is 4.29. The lowest BCUT2D eigenvalue weighted by atomic mass is 9.96. The number of ether oxygens (including phenoxy) is 1. The normalized spacial score (nSPS) is 20.9. The summed E-state index contributed by atoms with van der Waals surface area (Å²) in [5.41, 5.74) is 0. The maximum atomic E-state index is 13.6. The highest BCUT2D eigenvalue weighted by atomic mass is 32.2. The van der Waals surface area contributed by atoms with Gasteiger partial charge < -0.3 is 14.5 Å². The summed E-state index contributed by atoms with van der Waals surface area (Å²) in [7, 11) is 0. The Balaban J connectivity index is 1.46. The minimum absolute atomic E-state index is 0.0494. The minimum Gasteiger partial charge on any atom is -0.378 e. The molecule has 5 nitrogen and oxygen atoms in total. The van der Waals surface area contributed by atoms with Gasteiger partial charge in [-0.05, 0) is 25.0 Å². The van der Waals surface area contributed by atoms with Crippen LogP contribution in [0.25, 0.3) is 0 Å². The van der Waals surface area contributed by atoms with Crippen LogP contribution in [0.5, 0.6) is 0 Å². The van der Waals surface area contributed by atoms with Crippen LogP contribution in [0, 0.1) is 11.7 Å². The van der Waals surface area contributed by atoms with Crippen molar-refractivity contribution >= 4 is 23.6 Å². The quantitative estimate of drug-likeness (QED) is 0.736. The molecule has 1 aromatic rings. The van der Waals surface area contributed by atoms with Gasteiger partial charge in [-0.2, -0.15) is 0 Å². The monoisotopic (exact) mass is 380 g/mol. The molecule has 0 saturated carbocycles. The Kier molecular flexibility index (Phi) is 6.91. The van der Waals surface area contributed by atoms with E-state index in [0.717, 1.165) is 12.8 Å². The van der Waals surface area contributed by atoms with Crippen LogP contribution in [0.1, 0.15) is 19.3 Å². The highest BCUT2D eigenvalue weighted by molar-refractivity contribution is 7.99. The molecule has 2 heterocycles. The third kappa shape index (κ3) is 4.98. The Hall–Kier alpha value is -1.60. The molecule has 142 valence electrons. The van der Waals surface area contributed by atoms with Crippen molar-refractivity contribution < 1.29 is 18.7 Å². The number of amides is 2. The maximum absolute atomic E-state index is 13.6. The largest absolute Gasteiger partial charge is 0.378 e. The lowest BCUT2D eigenvalue weighted by Crippen LogP contribution is -2.49. The van der Waals surface area contributed by atoms with E-state index in [-0.39, 0.29) is 23.5 Å². The van der Waals surface area contributed by atoms with Crippen molar-refractivity contribution in [3.63, 3.8) is 0 Å². The first-order valence-electron chi connectivity index (χ1n) is 9.17. The number of nitrogens with zero attached hydrogens (tertiary/aromatic N) is 2. The Labute approximate surface area is 157 Å². The van der Waals surface area contributed by atoms with Gasteiger partial charge in [0.1, 0.15) is 5.82 Å². The fraction of sp³-hybridized carbons (Fsp3) is 0.579. The number of halogens is 1. The van der Waals surface area contributed by atoms with Crippen LogP contribution in [-0.2, 0) is 14.3 Å². The summed E-state index contributed by atoms with van der Waals surface area (Å²) in [6.45, 7) is 3.67. The molecule has 0 radical (unpaired) electrons. The lowest BCUT2D eigenvalue weighted by molar-refractivity contribution is -0.143. The number of rotatable bonds is 5. The van der Waals surface area contributed by atoms with Crippen molar-refractivity contribution in [1.82, 2.24) is 9.80 Å². The highest BCUT2D eigenvalue weighted by Gasteiger charge is 2.31. The van der Waals surface area contributed by atoms with Crippen LogP contribution < -0.4 is 0 Å². The molecule has 2 fully saturated rings. The first-order valence-corrected chi connectivity index (χ1v) is 10.2. The van der Waals surface area contributed by atoms with Crippen LogP contribution in [0.4, 0.5) is 4.39 Å². The van der Waals surface area contributed by atoms with E-state index in [1.807, 2.05) is 4.90 Å². The molecule has 2 aliphatic rings. The molecule has 1 aromatic carbocycles. The summed E-state index contributed by atoms with van der Waals surface area (Å²) >= 11 is 1.36. The third-order valence-corrected chi connectivity index (χ3v) is 5.91. The van der Waals surface area contributed by atoms with E-state index in [4.69, 9.17) is 4.74 Å². The average molecular weight is 380 g/mol. The summed E-state index contributed by atoms with van der Waals surface area (Å²) in [5, 5.41) is 0. The maximum Gasteiger partial charge on any atom is 0.227 e. The van der Waals surface area contributed by atoms with Gasteiger partial charge in [0.2, 0.25) is 11.8 Å². The Bertz CT molecular complexity index is 637. The van der Waals surface area contributed by atoms with Gasteiger partial charge in [-0.3, -0.25) is 9.59 Å². The molecule has 2 saturated heterocycles. The van der Waals surface area contributed by atoms with Crippen molar-refractivity contribution in [2.45, 2.75) is 24.2 Å².